The molecule has 0 aliphatic rings. The summed E-state index contributed by atoms with van der Waals surface area (Å²) in [5.74, 6) is 1.91. The van der Waals surface area contributed by atoms with E-state index in [1.54, 1.807) is 23.9 Å². The lowest BCUT2D eigenvalue weighted by molar-refractivity contribution is 0.537. The molecule has 1 heterocycles. The van der Waals surface area contributed by atoms with E-state index in [4.69, 9.17) is 11.6 Å². The Morgan fingerprint density at radius 3 is 2.89 bits per heavy atom. The Kier molecular flexibility index (Phi) is 4.51. The van der Waals surface area contributed by atoms with E-state index in [0.29, 0.717) is 11.9 Å². The molecular formula is C13H16ClFN2S. The number of hydrogen-bond acceptors (Lipinski definition) is 2. The van der Waals surface area contributed by atoms with Crippen molar-refractivity contribution in [2.45, 2.75) is 25.3 Å². The van der Waals surface area contributed by atoms with Gasteiger partial charge in [-0.25, -0.2) is 9.37 Å². The lowest BCUT2D eigenvalue weighted by Crippen LogP contribution is -2.13. The molecule has 1 atom stereocenters. The number of hydrogen-bond donors (Lipinski definition) is 0. The van der Waals surface area contributed by atoms with Crippen molar-refractivity contribution in [1.82, 2.24) is 9.55 Å². The van der Waals surface area contributed by atoms with Crippen LogP contribution in [0.25, 0.3) is 11.0 Å². The van der Waals surface area contributed by atoms with Crippen LogP contribution in [0.5, 0.6) is 0 Å². The lowest BCUT2D eigenvalue weighted by atomic mass is 10.2. The molecule has 0 aliphatic carbocycles. The number of aromatic nitrogens is 2. The molecule has 2 aromatic rings. The summed E-state index contributed by atoms with van der Waals surface area (Å²) in [6.45, 7) is 2.13. The quantitative estimate of drug-likeness (QED) is 0.766. The second kappa shape index (κ2) is 5.93. The molecule has 0 N–H and O–H groups in total. The molecule has 18 heavy (non-hydrogen) atoms. The molecule has 1 aromatic carbocycles. The number of benzene rings is 1. The number of imidazole rings is 1. The minimum absolute atomic E-state index is 0.233. The zero-order valence-corrected chi connectivity index (χ0v) is 12.1. The third-order valence-corrected chi connectivity index (χ3v) is 4.00. The van der Waals surface area contributed by atoms with E-state index >= 15 is 0 Å². The van der Waals surface area contributed by atoms with Crippen molar-refractivity contribution in [3.05, 3.63) is 29.8 Å². The van der Waals surface area contributed by atoms with Crippen molar-refractivity contribution in [2.24, 2.45) is 0 Å². The standard InChI is InChI=1S/C13H16ClFN2S/c1-3-10(8-18-2)17-12-6-9(15)4-5-11(12)16-13(17)7-14/h4-6,10H,3,7-8H2,1-2H3. The van der Waals surface area contributed by atoms with Crippen LogP contribution in [0.2, 0.25) is 0 Å². The Morgan fingerprint density at radius 2 is 2.28 bits per heavy atom. The molecule has 1 unspecified atom stereocenters. The van der Waals surface area contributed by atoms with Gasteiger partial charge in [0.1, 0.15) is 11.6 Å². The highest BCUT2D eigenvalue weighted by Gasteiger charge is 2.17. The second-order valence-electron chi connectivity index (χ2n) is 4.18. The molecule has 1 aromatic heterocycles. The molecule has 0 saturated carbocycles. The Hall–Kier alpha value is -0.740. The van der Waals surface area contributed by atoms with Crippen LogP contribution < -0.4 is 0 Å². The van der Waals surface area contributed by atoms with E-state index in [2.05, 4.69) is 22.7 Å². The van der Waals surface area contributed by atoms with Gasteiger partial charge in [-0.05, 0) is 30.9 Å². The van der Waals surface area contributed by atoms with Crippen LogP contribution in [-0.2, 0) is 5.88 Å². The summed E-state index contributed by atoms with van der Waals surface area (Å²) in [5, 5.41) is 0. The fraction of sp³-hybridized carbons (Fsp3) is 0.462. The van der Waals surface area contributed by atoms with E-state index in [1.165, 1.54) is 6.07 Å². The largest absolute Gasteiger partial charge is 0.323 e. The van der Waals surface area contributed by atoms with Crippen LogP contribution in [0.3, 0.4) is 0 Å². The first-order valence-corrected chi connectivity index (χ1v) is 7.85. The van der Waals surface area contributed by atoms with E-state index < -0.39 is 0 Å². The summed E-state index contributed by atoms with van der Waals surface area (Å²) in [7, 11) is 0. The number of thioether (sulfide) groups is 1. The van der Waals surface area contributed by atoms with Crippen LogP contribution >= 0.6 is 23.4 Å². The Bertz CT molecular complexity index is 541. The Labute approximate surface area is 116 Å². The van der Waals surface area contributed by atoms with Gasteiger partial charge < -0.3 is 4.57 Å². The van der Waals surface area contributed by atoms with Gasteiger partial charge in [-0.2, -0.15) is 11.8 Å². The number of nitrogens with zero attached hydrogens (tertiary/aromatic N) is 2. The predicted octanol–water partition coefficient (Wildman–Crippen LogP) is 4.23. The highest BCUT2D eigenvalue weighted by molar-refractivity contribution is 7.98. The molecule has 0 radical (unpaired) electrons. The minimum atomic E-state index is -0.233. The first-order chi connectivity index (χ1) is 8.71. The minimum Gasteiger partial charge on any atom is -0.323 e. The topological polar surface area (TPSA) is 17.8 Å². The summed E-state index contributed by atoms with van der Waals surface area (Å²) in [6.07, 6.45) is 3.05. The van der Waals surface area contributed by atoms with Crippen molar-refractivity contribution in [1.29, 1.82) is 0 Å². The van der Waals surface area contributed by atoms with E-state index in [1.807, 2.05) is 0 Å². The molecule has 0 aliphatic heterocycles. The molecule has 98 valence electrons. The van der Waals surface area contributed by atoms with Crippen LogP contribution in [0.15, 0.2) is 18.2 Å². The fourth-order valence-corrected chi connectivity index (χ4v) is 3.14. The van der Waals surface area contributed by atoms with Crippen molar-refractivity contribution < 1.29 is 4.39 Å². The summed E-state index contributed by atoms with van der Waals surface area (Å²) < 4.78 is 15.5. The highest BCUT2D eigenvalue weighted by Crippen LogP contribution is 2.26. The van der Waals surface area contributed by atoms with Crippen LogP contribution in [0.4, 0.5) is 4.39 Å². The zero-order chi connectivity index (χ0) is 13.1. The monoisotopic (exact) mass is 286 g/mol. The maximum Gasteiger partial charge on any atom is 0.125 e. The predicted molar refractivity (Wildman–Crippen MR) is 77.0 cm³/mol. The number of fused-ring (bicyclic) bond motifs is 1. The second-order valence-corrected chi connectivity index (χ2v) is 5.36. The average molecular weight is 287 g/mol. The molecule has 0 amide bonds. The number of alkyl halides is 1. The van der Waals surface area contributed by atoms with Gasteiger partial charge in [0.2, 0.25) is 0 Å². The van der Waals surface area contributed by atoms with Gasteiger partial charge >= 0.3 is 0 Å². The third-order valence-electron chi connectivity index (χ3n) is 3.04. The van der Waals surface area contributed by atoms with Crippen LogP contribution in [-0.4, -0.2) is 21.6 Å². The normalized spacial score (nSPS) is 13.1. The van der Waals surface area contributed by atoms with Crippen LogP contribution in [0.1, 0.15) is 25.2 Å². The van der Waals surface area contributed by atoms with E-state index in [0.717, 1.165) is 29.0 Å². The van der Waals surface area contributed by atoms with Crippen molar-refractivity contribution in [2.75, 3.05) is 12.0 Å². The van der Waals surface area contributed by atoms with Crippen LogP contribution in [0, 0.1) is 5.82 Å². The molecule has 0 spiro atoms. The van der Waals surface area contributed by atoms with Gasteiger partial charge in [-0.1, -0.05) is 6.92 Å². The molecule has 5 heteroatoms. The van der Waals surface area contributed by atoms with Crippen molar-refractivity contribution in [3.8, 4) is 0 Å². The zero-order valence-electron chi connectivity index (χ0n) is 10.5. The van der Waals surface area contributed by atoms with Gasteiger partial charge in [0.25, 0.3) is 0 Å². The summed E-state index contributed by atoms with van der Waals surface area (Å²) in [6, 6.07) is 5.00. The van der Waals surface area contributed by atoms with Crippen molar-refractivity contribution in [3.63, 3.8) is 0 Å². The summed E-state index contributed by atoms with van der Waals surface area (Å²) in [4.78, 5) is 4.48. The maximum atomic E-state index is 13.4. The Morgan fingerprint density at radius 1 is 1.50 bits per heavy atom. The summed E-state index contributed by atoms with van der Waals surface area (Å²) in [5.41, 5.74) is 1.65. The Balaban J connectivity index is 2.60. The van der Waals surface area contributed by atoms with E-state index in [-0.39, 0.29) is 5.82 Å². The number of rotatable bonds is 5. The van der Waals surface area contributed by atoms with Crippen molar-refractivity contribution >= 4 is 34.4 Å². The molecule has 2 rings (SSSR count). The van der Waals surface area contributed by atoms with Gasteiger partial charge in [0.15, 0.2) is 0 Å². The SMILES string of the molecule is CCC(CSC)n1c(CCl)nc2ccc(F)cc21. The molecular weight excluding hydrogens is 271 g/mol. The highest BCUT2D eigenvalue weighted by atomic mass is 35.5. The van der Waals surface area contributed by atoms with E-state index in [9.17, 15) is 4.39 Å². The fourth-order valence-electron chi connectivity index (χ4n) is 2.19. The maximum absolute atomic E-state index is 13.4. The van der Waals surface area contributed by atoms with Gasteiger partial charge in [-0.15, -0.1) is 11.6 Å². The van der Waals surface area contributed by atoms with Gasteiger partial charge in [-0.3, -0.25) is 0 Å². The van der Waals surface area contributed by atoms with Gasteiger partial charge in [0.05, 0.1) is 16.9 Å². The lowest BCUT2D eigenvalue weighted by Gasteiger charge is -2.18. The first kappa shape index (κ1) is 13.7. The molecule has 0 bridgehead atoms. The molecule has 0 saturated heterocycles. The summed E-state index contributed by atoms with van der Waals surface area (Å²) >= 11 is 7.74. The number of halogens is 2. The average Bonchev–Trinajstić information content (AvgIpc) is 2.73. The van der Waals surface area contributed by atoms with Gasteiger partial charge in [0, 0.05) is 11.8 Å². The third kappa shape index (κ3) is 2.50. The first-order valence-electron chi connectivity index (χ1n) is 5.92. The molecule has 0 fully saturated rings. The molecule has 2 nitrogen and oxygen atoms in total. The smallest absolute Gasteiger partial charge is 0.125 e.